The van der Waals surface area contributed by atoms with E-state index >= 15 is 0 Å². The minimum absolute atomic E-state index is 0.0991. The molecule has 21 heavy (non-hydrogen) atoms. The third-order valence-corrected chi connectivity index (χ3v) is 3.73. The number of hydrogen-bond donors (Lipinski definition) is 1. The molecule has 0 bridgehead atoms. The predicted molar refractivity (Wildman–Crippen MR) is 77.9 cm³/mol. The molecule has 0 saturated heterocycles. The van der Waals surface area contributed by atoms with Gasteiger partial charge in [-0.1, -0.05) is 11.2 Å². The number of nitro benzene ring substituents is 1. The maximum Gasteiger partial charge on any atom is 0.292 e. The van der Waals surface area contributed by atoms with E-state index in [2.05, 4.69) is 10.1 Å². The Hall–Kier alpha value is -2.74. The van der Waals surface area contributed by atoms with E-state index in [4.69, 9.17) is 10.3 Å². The lowest BCUT2D eigenvalue weighted by atomic mass is 10.2. The Labute approximate surface area is 123 Å². The van der Waals surface area contributed by atoms with Gasteiger partial charge in [-0.15, -0.1) is 11.3 Å². The van der Waals surface area contributed by atoms with Gasteiger partial charge >= 0.3 is 0 Å². The lowest BCUT2D eigenvalue weighted by Gasteiger charge is -1.98. The van der Waals surface area contributed by atoms with Crippen LogP contribution in [0.15, 0.2) is 40.2 Å². The van der Waals surface area contributed by atoms with Crippen LogP contribution in [0.2, 0.25) is 0 Å². The van der Waals surface area contributed by atoms with Gasteiger partial charge in [-0.25, -0.2) is 0 Å². The Kier molecular flexibility index (Phi) is 3.36. The van der Waals surface area contributed by atoms with E-state index in [1.54, 1.807) is 17.4 Å². The number of anilines is 1. The van der Waals surface area contributed by atoms with Crippen molar-refractivity contribution in [3.05, 3.63) is 56.5 Å². The second-order valence-electron chi connectivity index (χ2n) is 4.30. The summed E-state index contributed by atoms with van der Waals surface area (Å²) in [7, 11) is 0. The summed E-state index contributed by atoms with van der Waals surface area (Å²) in [5.41, 5.74) is 5.95. The summed E-state index contributed by atoms with van der Waals surface area (Å²) in [5, 5.41) is 16.7. The molecule has 0 saturated carbocycles. The lowest BCUT2D eigenvalue weighted by molar-refractivity contribution is -0.383. The number of benzene rings is 1. The Balaban J connectivity index is 1.89. The second-order valence-corrected chi connectivity index (χ2v) is 5.33. The van der Waals surface area contributed by atoms with Crippen molar-refractivity contribution in [3.8, 4) is 11.5 Å². The third-order valence-electron chi connectivity index (χ3n) is 2.85. The highest BCUT2D eigenvalue weighted by Gasteiger charge is 2.16. The fraction of sp³-hybridized carbons (Fsp3) is 0.0769. The molecule has 8 heteroatoms. The molecule has 1 aromatic carbocycles. The van der Waals surface area contributed by atoms with E-state index in [1.165, 1.54) is 12.1 Å². The van der Waals surface area contributed by atoms with Crippen LogP contribution in [0.4, 0.5) is 11.4 Å². The third kappa shape index (κ3) is 2.75. The van der Waals surface area contributed by atoms with Crippen molar-refractivity contribution < 1.29 is 9.45 Å². The van der Waals surface area contributed by atoms with Crippen LogP contribution in [0.25, 0.3) is 11.5 Å². The topological polar surface area (TPSA) is 108 Å². The largest absolute Gasteiger partial charge is 0.393 e. The summed E-state index contributed by atoms with van der Waals surface area (Å²) < 4.78 is 5.15. The van der Waals surface area contributed by atoms with Gasteiger partial charge in [0, 0.05) is 22.9 Å². The molecule has 0 aliphatic carbocycles. The number of nitrogen functional groups attached to an aromatic ring is 1. The molecular formula is C13H10N4O3S. The van der Waals surface area contributed by atoms with E-state index in [0.29, 0.717) is 17.8 Å². The number of aromatic nitrogens is 2. The van der Waals surface area contributed by atoms with Gasteiger partial charge < -0.3 is 10.3 Å². The van der Waals surface area contributed by atoms with Crippen molar-refractivity contribution in [2.75, 3.05) is 5.73 Å². The molecular weight excluding hydrogens is 292 g/mol. The number of nitrogens with zero attached hydrogens (tertiary/aromatic N) is 3. The van der Waals surface area contributed by atoms with Gasteiger partial charge in [0.1, 0.15) is 5.69 Å². The SMILES string of the molecule is Nc1ccc(-c2nc(Cc3cccs3)no2)cc1[N+](=O)[O-]. The van der Waals surface area contributed by atoms with Crippen LogP contribution in [0.5, 0.6) is 0 Å². The fourth-order valence-electron chi connectivity index (χ4n) is 1.85. The van der Waals surface area contributed by atoms with Gasteiger partial charge in [-0.05, 0) is 23.6 Å². The molecule has 106 valence electrons. The molecule has 2 heterocycles. The number of nitrogens with two attached hydrogens (primary N) is 1. The summed E-state index contributed by atoms with van der Waals surface area (Å²) >= 11 is 1.60. The van der Waals surface area contributed by atoms with Crippen LogP contribution in [-0.4, -0.2) is 15.1 Å². The first-order valence-electron chi connectivity index (χ1n) is 6.03. The van der Waals surface area contributed by atoms with Gasteiger partial charge in [0.25, 0.3) is 11.6 Å². The Morgan fingerprint density at radius 2 is 2.24 bits per heavy atom. The minimum Gasteiger partial charge on any atom is -0.393 e. The molecule has 2 aromatic heterocycles. The maximum absolute atomic E-state index is 10.9. The summed E-state index contributed by atoms with van der Waals surface area (Å²) in [6.45, 7) is 0. The second kappa shape index (κ2) is 5.33. The fourth-order valence-corrected chi connectivity index (χ4v) is 2.55. The number of nitro groups is 1. The van der Waals surface area contributed by atoms with Crippen LogP contribution < -0.4 is 5.73 Å². The molecule has 0 unspecified atom stereocenters. The van der Waals surface area contributed by atoms with E-state index in [0.717, 1.165) is 4.88 Å². The highest BCUT2D eigenvalue weighted by Crippen LogP contribution is 2.28. The molecule has 3 rings (SSSR count). The zero-order chi connectivity index (χ0) is 14.8. The standard InChI is InChI=1S/C13H10N4O3S/c14-10-4-3-8(6-11(10)17(18)19)13-15-12(16-20-13)7-9-2-1-5-21-9/h1-6H,7,14H2. The highest BCUT2D eigenvalue weighted by molar-refractivity contribution is 7.09. The molecule has 0 amide bonds. The first kappa shape index (κ1) is 13.3. The quantitative estimate of drug-likeness (QED) is 0.451. The Bertz CT molecular complexity index is 783. The van der Waals surface area contributed by atoms with Crippen LogP contribution in [0.3, 0.4) is 0 Å². The van der Waals surface area contributed by atoms with Gasteiger partial charge in [0.2, 0.25) is 0 Å². The Morgan fingerprint density at radius 3 is 2.95 bits per heavy atom. The monoisotopic (exact) mass is 302 g/mol. The lowest BCUT2D eigenvalue weighted by Crippen LogP contribution is -1.95. The molecule has 0 aliphatic heterocycles. The van der Waals surface area contributed by atoms with Crippen molar-refractivity contribution >= 4 is 22.7 Å². The van der Waals surface area contributed by atoms with Gasteiger partial charge in [-0.2, -0.15) is 4.98 Å². The normalized spacial score (nSPS) is 10.7. The smallest absolute Gasteiger partial charge is 0.292 e. The van der Waals surface area contributed by atoms with E-state index in [-0.39, 0.29) is 17.3 Å². The zero-order valence-electron chi connectivity index (χ0n) is 10.7. The molecule has 0 aliphatic rings. The molecule has 0 radical (unpaired) electrons. The van der Waals surface area contributed by atoms with Crippen LogP contribution >= 0.6 is 11.3 Å². The molecule has 3 aromatic rings. The molecule has 0 spiro atoms. The van der Waals surface area contributed by atoms with Crippen molar-refractivity contribution in [3.63, 3.8) is 0 Å². The number of rotatable bonds is 4. The first-order valence-corrected chi connectivity index (χ1v) is 6.90. The summed E-state index contributed by atoms with van der Waals surface area (Å²) in [6.07, 6.45) is 0.568. The van der Waals surface area contributed by atoms with Crippen LogP contribution in [-0.2, 0) is 6.42 Å². The number of hydrogen-bond acceptors (Lipinski definition) is 7. The average molecular weight is 302 g/mol. The molecule has 0 atom stereocenters. The highest BCUT2D eigenvalue weighted by atomic mass is 32.1. The summed E-state index contributed by atoms with van der Waals surface area (Å²) in [6, 6.07) is 8.33. The molecule has 2 N–H and O–H groups in total. The zero-order valence-corrected chi connectivity index (χ0v) is 11.5. The van der Waals surface area contributed by atoms with Crippen LogP contribution in [0, 0.1) is 10.1 Å². The Morgan fingerprint density at radius 1 is 1.38 bits per heavy atom. The maximum atomic E-state index is 10.9. The van der Waals surface area contributed by atoms with E-state index in [9.17, 15) is 10.1 Å². The number of thiophene rings is 1. The predicted octanol–water partition coefficient (Wildman–Crippen LogP) is 2.88. The minimum atomic E-state index is -0.540. The van der Waals surface area contributed by atoms with Crippen LogP contribution in [0.1, 0.15) is 10.7 Å². The van der Waals surface area contributed by atoms with Gasteiger partial charge in [0.05, 0.1) is 4.92 Å². The summed E-state index contributed by atoms with van der Waals surface area (Å²) in [4.78, 5) is 15.7. The van der Waals surface area contributed by atoms with E-state index < -0.39 is 4.92 Å². The molecule has 7 nitrogen and oxygen atoms in total. The summed E-state index contributed by atoms with van der Waals surface area (Å²) in [5.74, 6) is 0.775. The average Bonchev–Trinajstić information content (AvgIpc) is 3.11. The van der Waals surface area contributed by atoms with E-state index in [1.807, 2.05) is 17.5 Å². The van der Waals surface area contributed by atoms with Gasteiger partial charge in [-0.3, -0.25) is 10.1 Å². The van der Waals surface area contributed by atoms with Crippen molar-refractivity contribution in [2.45, 2.75) is 6.42 Å². The molecule has 0 fully saturated rings. The first-order chi connectivity index (χ1) is 10.1. The van der Waals surface area contributed by atoms with Crippen molar-refractivity contribution in [2.24, 2.45) is 0 Å². The van der Waals surface area contributed by atoms with Gasteiger partial charge in [0.15, 0.2) is 5.82 Å². The van der Waals surface area contributed by atoms with Crippen molar-refractivity contribution in [1.82, 2.24) is 10.1 Å². The van der Waals surface area contributed by atoms with Crippen molar-refractivity contribution in [1.29, 1.82) is 0 Å².